The summed E-state index contributed by atoms with van der Waals surface area (Å²) in [6.45, 7) is 7.47. The van der Waals surface area contributed by atoms with E-state index in [4.69, 9.17) is 19.2 Å². The third kappa shape index (κ3) is 5.50. The van der Waals surface area contributed by atoms with Crippen LogP contribution < -0.4 is 19.1 Å². The number of amides is 1. The van der Waals surface area contributed by atoms with Gasteiger partial charge < -0.3 is 28.4 Å². The summed E-state index contributed by atoms with van der Waals surface area (Å²) >= 11 is 0. The molecule has 1 aliphatic heterocycles. The van der Waals surface area contributed by atoms with Gasteiger partial charge in [-0.1, -0.05) is 18.2 Å². The number of piperazine rings is 1. The highest BCUT2D eigenvalue weighted by Crippen LogP contribution is 2.35. The van der Waals surface area contributed by atoms with Gasteiger partial charge in [0.05, 0.1) is 32.2 Å². The molecule has 204 valence electrons. The Labute approximate surface area is 229 Å². The number of hydrogen-bond acceptors (Lipinski definition) is 6. The van der Waals surface area contributed by atoms with Crippen LogP contribution in [0.5, 0.6) is 17.2 Å². The number of ether oxygens (including phenoxy) is 3. The highest BCUT2D eigenvalue weighted by Gasteiger charge is 2.28. The molecular weight excluding hydrogens is 492 g/mol. The van der Waals surface area contributed by atoms with Crippen LogP contribution in [0, 0.1) is 6.92 Å². The van der Waals surface area contributed by atoms with Gasteiger partial charge in [0.2, 0.25) is 5.91 Å². The zero-order valence-corrected chi connectivity index (χ0v) is 23.1. The van der Waals surface area contributed by atoms with Crippen molar-refractivity contribution in [2.75, 3.05) is 51.9 Å². The number of nitrogens with zero attached hydrogens (tertiary/aromatic N) is 4. The second-order valence-electron chi connectivity index (χ2n) is 9.74. The van der Waals surface area contributed by atoms with E-state index in [0.717, 1.165) is 47.0 Å². The fraction of sp³-hybridized carbons (Fsp3) is 0.355. The number of anilines is 1. The van der Waals surface area contributed by atoms with E-state index in [1.807, 2.05) is 79.7 Å². The quantitative estimate of drug-likeness (QED) is 0.307. The molecular formula is C31H36N4O4. The van der Waals surface area contributed by atoms with E-state index in [1.165, 1.54) is 0 Å². The first-order valence-corrected chi connectivity index (χ1v) is 13.4. The minimum absolute atomic E-state index is 0.113. The third-order valence-corrected chi connectivity index (χ3v) is 7.41. The Morgan fingerprint density at radius 3 is 2.38 bits per heavy atom. The molecule has 8 heteroatoms. The van der Waals surface area contributed by atoms with Gasteiger partial charge in [-0.15, -0.1) is 0 Å². The lowest BCUT2D eigenvalue weighted by Crippen LogP contribution is -2.49. The molecule has 5 rings (SSSR count). The van der Waals surface area contributed by atoms with Gasteiger partial charge in [0.1, 0.15) is 22.9 Å². The number of carbonyl (C=O) groups excluding carboxylic acids is 1. The number of aromatic nitrogens is 2. The van der Waals surface area contributed by atoms with Crippen LogP contribution in [-0.4, -0.2) is 67.2 Å². The fourth-order valence-electron chi connectivity index (χ4n) is 5.35. The molecule has 8 nitrogen and oxygen atoms in total. The highest BCUT2D eigenvalue weighted by molar-refractivity contribution is 5.78. The topological polar surface area (TPSA) is 68.5 Å². The number of hydrogen-bond donors (Lipinski definition) is 0. The third-order valence-electron chi connectivity index (χ3n) is 7.41. The van der Waals surface area contributed by atoms with Crippen LogP contribution in [0.3, 0.4) is 0 Å². The van der Waals surface area contributed by atoms with Crippen LogP contribution in [0.25, 0.3) is 5.65 Å². The monoisotopic (exact) mass is 528 g/mol. The number of rotatable bonds is 9. The summed E-state index contributed by atoms with van der Waals surface area (Å²) in [5, 5.41) is 0. The van der Waals surface area contributed by atoms with Gasteiger partial charge in [0.25, 0.3) is 0 Å². The SMILES string of the molecule is CCOc1ccccc1N1CCN(C(=O)CC(c2cc(OC)cc(OC)c2)c2cnc3c(C)cccn23)CC1. The van der Waals surface area contributed by atoms with Gasteiger partial charge in [-0.05, 0) is 55.3 Å². The molecule has 0 saturated carbocycles. The molecule has 3 heterocycles. The van der Waals surface area contributed by atoms with E-state index in [2.05, 4.69) is 15.4 Å². The summed E-state index contributed by atoms with van der Waals surface area (Å²) in [6, 6.07) is 18.0. The smallest absolute Gasteiger partial charge is 0.223 e. The molecule has 1 unspecified atom stereocenters. The average molecular weight is 529 g/mol. The molecule has 0 N–H and O–H groups in total. The van der Waals surface area contributed by atoms with Crippen molar-refractivity contribution in [2.24, 2.45) is 0 Å². The predicted molar refractivity (Wildman–Crippen MR) is 152 cm³/mol. The van der Waals surface area contributed by atoms with Crippen molar-refractivity contribution in [1.29, 1.82) is 0 Å². The van der Waals surface area contributed by atoms with Gasteiger partial charge in [-0.3, -0.25) is 4.79 Å². The van der Waals surface area contributed by atoms with Crippen molar-refractivity contribution < 1.29 is 19.0 Å². The van der Waals surface area contributed by atoms with Crippen LogP contribution in [0.1, 0.15) is 36.1 Å². The lowest BCUT2D eigenvalue weighted by Gasteiger charge is -2.37. The molecule has 0 bridgehead atoms. The predicted octanol–water partition coefficient (Wildman–Crippen LogP) is 4.93. The standard InChI is InChI=1S/C31H36N4O4/c1-5-39-29-11-7-6-10-27(29)33-13-15-34(16-14-33)30(36)20-26(23-17-24(37-3)19-25(18-23)38-4)28-21-32-31-22(2)9-8-12-35(28)31/h6-12,17-19,21,26H,5,13-16,20H2,1-4H3. The van der Waals surface area contributed by atoms with Crippen molar-refractivity contribution in [1.82, 2.24) is 14.3 Å². The van der Waals surface area contributed by atoms with E-state index in [-0.39, 0.29) is 11.8 Å². The van der Waals surface area contributed by atoms with Crippen molar-refractivity contribution >= 4 is 17.2 Å². The molecule has 1 amide bonds. The first-order chi connectivity index (χ1) is 19.0. The maximum absolute atomic E-state index is 13.8. The van der Waals surface area contributed by atoms with E-state index >= 15 is 0 Å². The Morgan fingerprint density at radius 1 is 0.974 bits per heavy atom. The lowest BCUT2D eigenvalue weighted by molar-refractivity contribution is -0.131. The molecule has 0 spiro atoms. The number of benzene rings is 2. The summed E-state index contributed by atoms with van der Waals surface area (Å²) < 4.78 is 19.0. The van der Waals surface area contributed by atoms with Crippen LogP contribution in [-0.2, 0) is 4.79 Å². The zero-order valence-electron chi connectivity index (χ0n) is 23.1. The Hall–Kier alpha value is -4.20. The largest absolute Gasteiger partial charge is 0.497 e. The molecule has 1 atom stereocenters. The molecule has 1 fully saturated rings. The van der Waals surface area contributed by atoms with E-state index in [9.17, 15) is 4.79 Å². The summed E-state index contributed by atoms with van der Waals surface area (Å²) in [7, 11) is 3.28. The number of carbonyl (C=O) groups is 1. The molecule has 1 aliphatic rings. The molecule has 2 aromatic heterocycles. The van der Waals surface area contributed by atoms with Crippen molar-refractivity contribution in [2.45, 2.75) is 26.2 Å². The van der Waals surface area contributed by atoms with Crippen LogP contribution in [0.15, 0.2) is 67.0 Å². The van der Waals surface area contributed by atoms with E-state index in [0.29, 0.717) is 37.6 Å². The maximum Gasteiger partial charge on any atom is 0.223 e. The van der Waals surface area contributed by atoms with Crippen LogP contribution in [0.2, 0.25) is 0 Å². The van der Waals surface area contributed by atoms with Crippen molar-refractivity contribution in [3.05, 3.63) is 83.8 Å². The minimum atomic E-state index is -0.227. The molecule has 2 aromatic carbocycles. The van der Waals surface area contributed by atoms with E-state index < -0.39 is 0 Å². The van der Waals surface area contributed by atoms with Crippen LogP contribution in [0.4, 0.5) is 5.69 Å². The number of fused-ring (bicyclic) bond motifs is 1. The van der Waals surface area contributed by atoms with Crippen molar-refractivity contribution in [3.63, 3.8) is 0 Å². The van der Waals surface area contributed by atoms with Gasteiger partial charge in [-0.25, -0.2) is 4.98 Å². The molecule has 39 heavy (non-hydrogen) atoms. The number of imidazole rings is 1. The van der Waals surface area contributed by atoms with Gasteiger partial charge in [0, 0.05) is 57.0 Å². The normalized spacial score (nSPS) is 14.4. The highest BCUT2D eigenvalue weighted by atomic mass is 16.5. The number of pyridine rings is 1. The zero-order chi connectivity index (χ0) is 27.4. The van der Waals surface area contributed by atoms with Gasteiger partial charge in [-0.2, -0.15) is 0 Å². The summed E-state index contributed by atoms with van der Waals surface area (Å²) in [5.74, 6) is 2.15. The summed E-state index contributed by atoms with van der Waals surface area (Å²) in [4.78, 5) is 22.8. The Morgan fingerprint density at radius 2 is 1.69 bits per heavy atom. The van der Waals surface area contributed by atoms with Gasteiger partial charge >= 0.3 is 0 Å². The molecule has 0 aliphatic carbocycles. The average Bonchev–Trinajstić information content (AvgIpc) is 3.41. The Balaban J connectivity index is 1.41. The minimum Gasteiger partial charge on any atom is -0.497 e. The fourth-order valence-corrected chi connectivity index (χ4v) is 5.35. The number of para-hydroxylation sites is 2. The first-order valence-electron chi connectivity index (χ1n) is 13.4. The second kappa shape index (κ2) is 11.7. The number of aryl methyl sites for hydroxylation is 1. The van der Waals surface area contributed by atoms with Gasteiger partial charge in [0.15, 0.2) is 0 Å². The molecule has 1 saturated heterocycles. The van der Waals surface area contributed by atoms with Crippen molar-refractivity contribution in [3.8, 4) is 17.2 Å². The Bertz CT molecular complexity index is 1420. The Kier molecular flexibility index (Phi) is 7.91. The second-order valence-corrected chi connectivity index (χ2v) is 9.74. The maximum atomic E-state index is 13.8. The lowest BCUT2D eigenvalue weighted by atomic mass is 9.91. The van der Waals surface area contributed by atoms with E-state index in [1.54, 1.807) is 14.2 Å². The molecule has 0 radical (unpaired) electrons. The summed E-state index contributed by atoms with van der Waals surface area (Å²) in [6.07, 6.45) is 4.20. The molecule has 4 aromatic rings. The number of methoxy groups -OCH3 is 2. The van der Waals surface area contributed by atoms with Crippen LogP contribution >= 0.6 is 0 Å². The summed E-state index contributed by atoms with van der Waals surface area (Å²) in [5.41, 5.74) is 4.96. The first kappa shape index (κ1) is 26.4.